The largest absolute Gasteiger partial charge is 0.175 e. The highest BCUT2D eigenvalue weighted by molar-refractivity contribution is 7.95. The maximum Gasteiger partial charge on any atom is 0.116 e. The first-order valence-electron chi connectivity index (χ1n) is 9.56. The second-order valence-electron chi connectivity index (χ2n) is 6.95. The third-order valence-electron chi connectivity index (χ3n) is 5.22. The molecule has 0 aliphatic rings. The summed E-state index contributed by atoms with van der Waals surface area (Å²) in [6.45, 7) is 0. The Labute approximate surface area is 174 Å². The van der Waals surface area contributed by atoms with Gasteiger partial charge in [0.15, 0.2) is 0 Å². The Balaban J connectivity index is 1.95. The van der Waals surface area contributed by atoms with E-state index in [1.807, 2.05) is 0 Å². The molecule has 0 aromatic heterocycles. The van der Waals surface area contributed by atoms with E-state index in [1.165, 1.54) is 27.0 Å². The van der Waals surface area contributed by atoms with Gasteiger partial charge in [-0.1, -0.05) is 78.9 Å². The van der Waals surface area contributed by atoms with E-state index in [0.29, 0.717) is 0 Å². The molecule has 138 valence electrons. The summed E-state index contributed by atoms with van der Waals surface area (Å²) >= 11 is 4.41. The van der Waals surface area contributed by atoms with Crippen molar-refractivity contribution in [1.82, 2.24) is 0 Å². The maximum atomic E-state index is 4.41. The average molecular weight is 400 g/mol. The molecule has 28 heavy (non-hydrogen) atoms. The lowest BCUT2D eigenvalue weighted by atomic mass is 10.2. The summed E-state index contributed by atoms with van der Waals surface area (Å²) in [4.78, 5) is 0. The normalized spacial score (nSPS) is 11.3. The monoisotopic (exact) mass is 399 g/mol. The van der Waals surface area contributed by atoms with Crippen LogP contribution < -0.4 is 15.9 Å². The van der Waals surface area contributed by atoms with Crippen molar-refractivity contribution in [3.8, 4) is 0 Å². The van der Waals surface area contributed by atoms with Gasteiger partial charge in [0, 0.05) is 5.75 Å². The van der Waals surface area contributed by atoms with Crippen molar-refractivity contribution in [1.29, 1.82) is 0 Å². The van der Waals surface area contributed by atoms with E-state index in [4.69, 9.17) is 0 Å². The number of rotatable bonds is 6. The van der Waals surface area contributed by atoms with Gasteiger partial charge in [-0.2, -0.15) is 12.6 Å². The maximum absolute atomic E-state index is 4.41. The minimum absolute atomic E-state index is 0.774. The molecule has 0 unspecified atom stereocenters. The molecule has 0 N–H and O–H groups in total. The van der Waals surface area contributed by atoms with Crippen LogP contribution in [0, 0.1) is 0 Å². The van der Waals surface area contributed by atoms with E-state index in [2.05, 4.69) is 128 Å². The zero-order chi connectivity index (χ0) is 19.2. The SMILES string of the molecule is SCc1ccc(C[P+](c2ccccc2)(c2ccccc2)c2ccccc2)cc1. The van der Waals surface area contributed by atoms with Crippen molar-refractivity contribution >= 4 is 35.8 Å². The van der Waals surface area contributed by atoms with Crippen molar-refractivity contribution in [3.05, 3.63) is 126 Å². The smallest absolute Gasteiger partial charge is 0.116 e. The lowest BCUT2D eigenvalue weighted by Gasteiger charge is -2.28. The molecule has 0 fully saturated rings. The minimum atomic E-state index is -1.82. The van der Waals surface area contributed by atoms with Crippen LogP contribution in [0.5, 0.6) is 0 Å². The molecule has 0 aliphatic carbocycles. The number of hydrogen-bond donors (Lipinski definition) is 1. The summed E-state index contributed by atoms with van der Waals surface area (Å²) in [5.41, 5.74) is 2.63. The van der Waals surface area contributed by atoms with Gasteiger partial charge in [0.2, 0.25) is 0 Å². The lowest BCUT2D eigenvalue weighted by molar-refractivity contribution is 1.34. The zero-order valence-corrected chi connectivity index (χ0v) is 17.6. The summed E-state index contributed by atoms with van der Waals surface area (Å²) in [6.07, 6.45) is 1.01. The second-order valence-corrected chi connectivity index (χ2v) is 10.8. The Bertz CT molecular complexity index is 900. The van der Waals surface area contributed by atoms with E-state index in [-0.39, 0.29) is 0 Å². The van der Waals surface area contributed by atoms with Gasteiger partial charge in [-0.3, -0.25) is 0 Å². The fourth-order valence-electron chi connectivity index (χ4n) is 3.79. The molecular weight excluding hydrogens is 375 g/mol. The summed E-state index contributed by atoms with van der Waals surface area (Å²) in [6, 6.07) is 42.1. The number of hydrogen-bond acceptors (Lipinski definition) is 1. The Hall–Kier alpha value is -2.34. The van der Waals surface area contributed by atoms with Crippen molar-refractivity contribution in [2.24, 2.45) is 0 Å². The van der Waals surface area contributed by atoms with Crippen LogP contribution in [0.2, 0.25) is 0 Å². The summed E-state index contributed by atoms with van der Waals surface area (Å²) in [5.74, 6) is 0.774. The molecule has 0 radical (unpaired) electrons. The van der Waals surface area contributed by atoms with Gasteiger partial charge in [0.25, 0.3) is 0 Å². The van der Waals surface area contributed by atoms with Crippen LogP contribution in [0.25, 0.3) is 0 Å². The molecule has 0 nitrogen and oxygen atoms in total. The Morgan fingerprint density at radius 2 is 0.821 bits per heavy atom. The van der Waals surface area contributed by atoms with Gasteiger partial charge in [-0.25, -0.2) is 0 Å². The van der Waals surface area contributed by atoms with E-state index in [9.17, 15) is 0 Å². The highest BCUT2D eigenvalue weighted by Gasteiger charge is 2.45. The first-order chi connectivity index (χ1) is 13.8. The molecule has 0 saturated heterocycles. The van der Waals surface area contributed by atoms with Gasteiger partial charge in [0.1, 0.15) is 23.2 Å². The van der Waals surface area contributed by atoms with Crippen LogP contribution >= 0.6 is 19.9 Å². The molecule has 0 heterocycles. The van der Waals surface area contributed by atoms with E-state index in [1.54, 1.807) is 0 Å². The predicted molar refractivity (Wildman–Crippen MR) is 128 cm³/mol. The van der Waals surface area contributed by atoms with Gasteiger partial charge in [0.05, 0.1) is 6.16 Å². The van der Waals surface area contributed by atoms with Crippen LogP contribution in [-0.2, 0) is 11.9 Å². The zero-order valence-electron chi connectivity index (χ0n) is 15.8. The van der Waals surface area contributed by atoms with Gasteiger partial charge in [-0.15, -0.1) is 0 Å². The molecule has 4 rings (SSSR count). The van der Waals surface area contributed by atoms with Crippen molar-refractivity contribution in [2.45, 2.75) is 11.9 Å². The van der Waals surface area contributed by atoms with Crippen LogP contribution in [-0.4, -0.2) is 0 Å². The topological polar surface area (TPSA) is 0 Å². The highest BCUT2D eigenvalue weighted by atomic mass is 32.1. The third-order valence-corrected chi connectivity index (χ3v) is 9.96. The van der Waals surface area contributed by atoms with Crippen molar-refractivity contribution < 1.29 is 0 Å². The lowest BCUT2D eigenvalue weighted by Crippen LogP contribution is -2.32. The average Bonchev–Trinajstić information content (AvgIpc) is 2.80. The summed E-state index contributed by atoms with van der Waals surface area (Å²) in [7, 11) is -1.82. The predicted octanol–water partition coefficient (Wildman–Crippen LogP) is 5.61. The fourth-order valence-corrected chi connectivity index (χ4v) is 8.25. The van der Waals surface area contributed by atoms with Gasteiger partial charge >= 0.3 is 0 Å². The Morgan fingerprint density at radius 1 is 0.464 bits per heavy atom. The van der Waals surface area contributed by atoms with Crippen LogP contribution in [0.4, 0.5) is 0 Å². The number of thiol groups is 1. The first kappa shape index (κ1) is 19.0. The number of benzene rings is 4. The Morgan fingerprint density at radius 3 is 1.18 bits per heavy atom. The third kappa shape index (κ3) is 3.78. The molecule has 0 atom stereocenters. The molecule has 4 aromatic rings. The molecule has 0 saturated carbocycles. The van der Waals surface area contributed by atoms with Crippen LogP contribution in [0.1, 0.15) is 11.1 Å². The highest BCUT2D eigenvalue weighted by Crippen LogP contribution is 2.58. The van der Waals surface area contributed by atoms with Crippen molar-refractivity contribution in [3.63, 3.8) is 0 Å². The molecule has 0 spiro atoms. The van der Waals surface area contributed by atoms with Gasteiger partial charge < -0.3 is 0 Å². The Kier molecular flexibility index (Phi) is 5.95. The standard InChI is InChI=1S/C26H23PS/c28-21-23-18-16-22(17-19-23)20-27(24-10-4-1-5-11-24,25-12-6-2-7-13-25)26-14-8-3-9-15-26/h1-19H,20-21H2/p+1. The quantitative estimate of drug-likeness (QED) is 0.316. The molecule has 0 aliphatic heterocycles. The second kappa shape index (κ2) is 8.78. The van der Waals surface area contributed by atoms with Crippen LogP contribution in [0.15, 0.2) is 115 Å². The molecular formula is C26H24PS+. The fraction of sp³-hybridized carbons (Fsp3) is 0.0769. The van der Waals surface area contributed by atoms with Gasteiger partial charge in [-0.05, 0) is 47.5 Å². The van der Waals surface area contributed by atoms with Crippen molar-refractivity contribution in [2.75, 3.05) is 0 Å². The van der Waals surface area contributed by atoms with Crippen LogP contribution in [0.3, 0.4) is 0 Å². The minimum Gasteiger partial charge on any atom is -0.175 e. The van der Waals surface area contributed by atoms with E-state index in [0.717, 1.165) is 11.9 Å². The van der Waals surface area contributed by atoms with E-state index >= 15 is 0 Å². The first-order valence-corrected chi connectivity index (χ1v) is 12.2. The van der Waals surface area contributed by atoms with E-state index < -0.39 is 7.26 Å². The molecule has 0 amide bonds. The summed E-state index contributed by atoms with van der Waals surface area (Å²) < 4.78 is 0. The molecule has 4 aromatic carbocycles. The molecule has 0 bridgehead atoms. The molecule has 2 heteroatoms. The summed E-state index contributed by atoms with van der Waals surface area (Å²) in [5, 5.41) is 4.27.